The maximum absolute atomic E-state index is 13.6. The van der Waals surface area contributed by atoms with E-state index in [0.717, 1.165) is 61.7 Å². The summed E-state index contributed by atoms with van der Waals surface area (Å²) in [7, 11) is -2.18. The summed E-state index contributed by atoms with van der Waals surface area (Å²) in [5.41, 5.74) is 3.48. The Morgan fingerprint density at radius 2 is 1.98 bits per heavy atom. The number of benzene rings is 2. The third-order valence-corrected chi connectivity index (χ3v) is 13.0. The van der Waals surface area contributed by atoms with E-state index in [2.05, 4.69) is 33.9 Å². The molecule has 2 aliphatic heterocycles. The van der Waals surface area contributed by atoms with E-state index >= 15 is 0 Å². The topological polar surface area (TPSA) is 84.9 Å². The van der Waals surface area contributed by atoms with Crippen molar-refractivity contribution in [3.05, 3.63) is 70.3 Å². The molecule has 2 aromatic rings. The van der Waals surface area contributed by atoms with Gasteiger partial charge in [0.25, 0.3) is 5.91 Å². The van der Waals surface area contributed by atoms with Crippen LogP contribution in [0.2, 0.25) is 5.02 Å². The van der Waals surface area contributed by atoms with Crippen molar-refractivity contribution in [3.8, 4) is 5.75 Å². The maximum Gasteiger partial charge on any atom is 0.264 e. The van der Waals surface area contributed by atoms with Gasteiger partial charge in [-0.3, -0.25) is 4.79 Å². The zero-order valence-electron chi connectivity index (χ0n) is 26.2. The molecule has 2 aliphatic carbocycles. The second-order valence-corrected chi connectivity index (χ2v) is 16.1. The summed E-state index contributed by atoms with van der Waals surface area (Å²) < 4.78 is 42.3. The molecule has 44 heavy (non-hydrogen) atoms. The van der Waals surface area contributed by atoms with Crippen LogP contribution in [-0.2, 0) is 26.6 Å². The van der Waals surface area contributed by atoms with E-state index in [1.54, 1.807) is 13.2 Å². The highest BCUT2D eigenvalue weighted by Crippen LogP contribution is 2.47. The smallest absolute Gasteiger partial charge is 0.264 e. The van der Waals surface area contributed by atoms with Gasteiger partial charge in [0.1, 0.15) is 5.75 Å². The number of amides is 1. The molecule has 4 unspecified atom stereocenters. The van der Waals surface area contributed by atoms with Gasteiger partial charge in [0.15, 0.2) is 0 Å². The maximum atomic E-state index is 13.6. The number of nitrogens with one attached hydrogen (secondary N) is 1. The van der Waals surface area contributed by atoms with Gasteiger partial charge in [-0.25, -0.2) is 13.1 Å². The number of sulfonamides is 1. The first-order chi connectivity index (χ1) is 21.0. The first-order valence-electron chi connectivity index (χ1n) is 16.1. The molecule has 6 rings (SSSR count). The summed E-state index contributed by atoms with van der Waals surface area (Å²) >= 11 is 6.42. The van der Waals surface area contributed by atoms with E-state index in [9.17, 15) is 13.2 Å². The fourth-order valence-corrected chi connectivity index (χ4v) is 10.5. The van der Waals surface area contributed by atoms with Crippen molar-refractivity contribution in [1.29, 1.82) is 0 Å². The molecule has 4 aliphatic rings. The second-order valence-electron chi connectivity index (χ2n) is 13.8. The molecule has 238 valence electrons. The molecule has 1 saturated carbocycles. The standard InChI is InChI=1S/C35H45ClN2O5S/c1-22(2)33-23(3)7-5-9-31(42-4)28-13-10-26(28)19-38-20-35(16-6-8-24-17-27(36)12-14-29(24)35)21-43-32-15-11-25(18-30(32)38)34(39)37-44(33,40)41/h5,9,11-12,14-15,17-18,22-23,26,28,31,33H,6-8,10,13,16,19-21H2,1-4H3,(H,37,39)/t23?,26-,28?,31?,33-,35?/m0/s1. The summed E-state index contributed by atoms with van der Waals surface area (Å²) in [6, 6.07) is 11.6. The molecule has 2 heterocycles. The van der Waals surface area contributed by atoms with Crippen LogP contribution in [0.5, 0.6) is 5.75 Å². The molecular weight excluding hydrogens is 596 g/mol. The number of anilines is 1. The molecule has 1 amide bonds. The van der Waals surface area contributed by atoms with Gasteiger partial charge >= 0.3 is 0 Å². The molecular formula is C35H45ClN2O5S. The molecule has 7 nitrogen and oxygen atoms in total. The van der Waals surface area contributed by atoms with Gasteiger partial charge in [0, 0.05) is 36.2 Å². The van der Waals surface area contributed by atoms with Crippen LogP contribution in [0.4, 0.5) is 5.69 Å². The molecule has 1 spiro atoms. The minimum Gasteiger partial charge on any atom is -0.490 e. The van der Waals surface area contributed by atoms with Gasteiger partial charge < -0.3 is 14.4 Å². The van der Waals surface area contributed by atoms with Gasteiger partial charge in [-0.1, -0.05) is 50.6 Å². The zero-order valence-corrected chi connectivity index (χ0v) is 27.8. The highest BCUT2D eigenvalue weighted by atomic mass is 35.5. The lowest BCUT2D eigenvalue weighted by Crippen LogP contribution is -2.49. The largest absolute Gasteiger partial charge is 0.490 e. The number of nitrogens with zero attached hydrogens (tertiary/aromatic N) is 1. The van der Waals surface area contributed by atoms with Crippen molar-refractivity contribution in [2.75, 3.05) is 31.7 Å². The van der Waals surface area contributed by atoms with E-state index in [4.69, 9.17) is 21.1 Å². The number of ether oxygens (including phenoxy) is 2. The van der Waals surface area contributed by atoms with Gasteiger partial charge in [-0.05, 0) is 104 Å². The first kappa shape index (κ1) is 31.4. The van der Waals surface area contributed by atoms with E-state index in [0.29, 0.717) is 30.4 Å². The van der Waals surface area contributed by atoms with Crippen LogP contribution < -0.4 is 14.4 Å². The SMILES string of the molecule is COC1C=CCC(C)[C@H](C(C)C)S(=O)(=O)NC(=O)c2ccc3c(c2)N(C[C@@H]2CCC12)CC1(CCCc2cc(Cl)ccc21)CO3. The average Bonchev–Trinajstić information content (AvgIpc) is 3.10. The quantitative estimate of drug-likeness (QED) is 0.376. The Labute approximate surface area is 267 Å². The molecule has 0 aromatic heterocycles. The summed E-state index contributed by atoms with van der Waals surface area (Å²) in [6.45, 7) is 7.80. The van der Waals surface area contributed by atoms with Crippen LogP contribution in [0.1, 0.15) is 74.4 Å². The predicted octanol–water partition coefficient (Wildman–Crippen LogP) is 6.53. The predicted molar refractivity (Wildman–Crippen MR) is 175 cm³/mol. The fourth-order valence-electron chi connectivity index (χ4n) is 8.33. The number of methoxy groups -OCH3 is 1. The van der Waals surface area contributed by atoms with Crippen LogP contribution >= 0.6 is 11.6 Å². The Hall–Kier alpha value is -2.55. The summed E-state index contributed by atoms with van der Waals surface area (Å²) in [4.78, 5) is 16.0. The Morgan fingerprint density at radius 3 is 2.70 bits per heavy atom. The summed E-state index contributed by atoms with van der Waals surface area (Å²) in [6.07, 6.45) is 9.97. The number of halogens is 1. The van der Waals surface area contributed by atoms with Gasteiger partial charge in [-0.15, -0.1) is 0 Å². The molecule has 1 fully saturated rings. The van der Waals surface area contributed by atoms with E-state index in [1.165, 1.54) is 11.1 Å². The van der Waals surface area contributed by atoms with Crippen molar-refractivity contribution in [1.82, 2.24) is 4.72 Å². The van der Waals surface area contributed by atoms with Crippen LogP contribution in [0, 0.1) is 23.7 Å². The lowest BCUT2D eigenvalue weighted by molar-refractivity contribution is 0.0131. The Balaban J connectivity index is 1.44. The normalized spacial score (nSPS) is 31.7. The van der Waals surface area contributed by atoms with Crippen LogP contribution in [0.3, 0.4) is 0 Å². The van der Waals surface area contributed by atoms with E-state index in [-0.39, 0.29) is 23.4 Å². The van der Waals surface area contributed by atoms with Crippen molar-refractivity contribution < 1.29 is 22.7 Å². The third-order valence-electron chi connectivity index (χ3n) is 10.6. The van der Waals surface area contributed by atoms with Gasteiger partial charge in [0.2, 0.25) is 10.0 Å². The molecule has 0 saturated heterocycles. The highest BCUT2D eigenvalue weighted by molar-refractivity contribution is 7.90. The molecule has 0 radical (unpaired) electrons. The summed E-state index contributed by atoms with van der Waals surface area (Å²) in [5, 5.41) is 0.0289. The summed E-state index contributed by atoms with van der Waals surface area (Å²) in [5.74, 6) is 0.530. The van der Waals surface area contributed by atoms with Crippen molar-refractivity contribution in [2.45, 2.75) is 76.1 Å². The Kier molecular flexibility index (Phi) is 8.81. The van der Waals surface area contributed by atoms with E-state index in [1.807, 2.05) is 39.0 Å². The van der Waals surface area contributed by atoms with Crippen molar-refractivity contribution >= 4 is 33.2 Å². The number of hydrogen-bond donors (Lipinski definition) is 1. The van der Waals surface area contributed by atoms with Crippen molar-refractivity contribution in [3.63, 3.8) is 0 Å². The number of hydrogen-bond acceptors (Lipinski definition) is 6. The van der Waals surface area contributed by atoms with Gasteiger partial charge in [0.05, 0.1) is 23.6 Å². The van der Waals surface area contributed by atoms with E-state index < -0.39 is 21.2 Å². The minimum atomic E-state index is -3.95. The molecule has 6 atom stereocenters. The number of fused-ring (bicyclic) bond motifs is 4. The lowest BCUT2D eigenvalue weighted by Gasteiger charge is -2.46. The number of allylic oxidation sites excluding steroid dienone is 1. The third kappa shape index (κ3) is 5.90. The second kappa shape index (κ2) is 12.3. The molecule has 1 N–H and O–H groups in total. The lowest BCUT2D eigenvalue weighted by atomic mass is 9.68. The monoisotopic (exact) mass is 640 g/mol. The van der Waals surface area contributed by atoms with Gasteiger partial charge in [-0.2, -0.15) is 0 Å². The number of carbonyl (C=O) groups is 1. The van der Waals surface area contributed by atoms with Crippen LogP contribution in [0.15, 0.2) is 48.6 Å². The van der Waals surface area contributed by atoms with Crippen molar-refractivity contribution in [2.24, 2.45) is 23.7 Å². The number of carbonyl (C=O) groups excluding carboxylic acids is 1. The van der Waals surface area contributed by atoms with Crippen LogP contribution in [0.25, 0.3) is 0 Å². The molecule has 2 aromatic carbocycles. The molecule has 9 heteroatoms. The average molecular weight is 641 g/mol. The molecule has 2 bridgehead atoms. The first-order valence-corrected chi connectivity index (χ1v) is 18.0. The van der Waals surface area contributed by atoms with Crippen LogP contribution in [-0.4, -0.2) is 52.5 Å². The number of aryl methyl sites for hydroxylation is 1. The Bertz CT molecular complexity index is 1540. The number of rotatable bonds is 2. The fraction of sp³-hybridized carbons (Fsp3) is 0.571. The minimum absolute atomic E-state index is 0.0387. The highest BCUT2D eigenvalue weighted by Gasteiger charge is 2.44. The Morgan fingerprint density at radius 1 is 1.16 bits per heavy atom. The zero-order chi connectivity index (χ0) is 31.2.